The summed E-state index contributed by atoms with van der Waals surface area (Å²) in [4.78, 5) is 24.1. The van der Waals surface area contributed by atoms with Gasteiger partial charge in [0, 0.05) is 5.56 Å². The Balaban J connectivity index is 2.05. The van der Waals surface area contributed by atoms with Gasteiger partial charge in [0.05, 0.1) is 19.7 Å². The van der Waals surface area contributed by atoms with Crippen LogP contribution in [0.1, 0.15) is 22.3 Å². The molecule has 0 radical (unpaired) electrons. The molecule has 0 saturated heterocycles. The minimum Gasteiger partial charge on any atom is -0.493 e. The van der Waals surface area contributed by atoms with E-state index < -0.39 is 5.97 Å². The number of likely N-dealkylation sites (N-methyl/N-ethyl adjacent to an activating group) is 1. The summed E-state index contributed by atoms with van der Waals surface area (Å²) in [6.07, 6.45) is 1.88. The van der Waals surface area contributed by atoms with E-state index in [4.69, 9.17) is 9.84 Å². The Morgan fingerprint density at radius 1 is 1.37 bits per heavy atom. The zero-order valence-electron chi connectivity index (χ0n) is 10.9. The molecule has 5 heteroatoms. The predicted octanol–water partition coefficient (Wildman–Crippen LogP) is 1.21. The number of nitrogens with zero attached hydrogens (tertiary/aromatic N) is 1. The highest BCUT2D eigenvalue weighted by Gasteiger charge is 2.15. The van der Waals surface area contributed by atoms with Gasteiger partial charge in [-0.15, -0.1) is 0 Å². The van der Waals surface area contributed by atoms with Crippen LogP contribution >= 0.6 is 0 Å². The molecule has 0 fully saturated rings. The Morgan fingerprint density at radius 3 is 2.89 bits per heavy atom. The van der Waals surface area contributed by atoms with Gasteiger partial charge in [0.15, 0.2) is 5.78 Å². The van der Waals surface area contributed by atoms with Crippen molar-refractivity contribution in [2.24, 2.45) is 0 Å². The highest BCUT2D eigenvalue weighted by atomic mass is 16.5. The van der Waals surface area contributed by atoms with Crippen LogP contribution in [0.3, 0.4) is 0 Å². The first-order chi connectivity index (χ1) is 9.06. The normalized spacial score (nSPS) is 13.8. The van der Waals surface area contributed by atoms with E-state index in [1.54, 1.807) is 13.1 Å². The molecule has 0 saturated carbocycles. The molecule has 0 aromatic heterocycles. The summed E-state index contributed by atoms with van der Waals surface area (Å²) in [6, 6.07) is 5.41. The number of carbonyl (C=O) groups excluding carboxylic acids is 1. The first kappa shape index (κ1) is 13.5. The van der Waals surface area contributed by atoms with Gasteiger partial charge in [0.1, 0.15) is 5.75 Å². The molecule has 0 spiro atoms. The Morgan fingerprint density at radius 2 is 2.16 bits per heavy atom. The van der Waals surface area contributed by atoms with Crippen molar-refractivity contribution in [3.05, 3.63) is 29.3 Å². The number of ether oxygens (including phenoxy) is 1. The number of benzene rings is 1. The summed E-state index contributed by atoms with van der Waals surface area (Å²) in [7, 11) is 1.62. The lowest BCUT2D eigenvalue weighted by Gasteiger charge is -2.18. The summed E-state index contributed by atoms with van der Waals surface area (Å²) < 4.78 is 5.49. The third-order valence-electron chi connectivity index (χ3n) is 3.05. The Kier molecular flexibility index (Phi) is 4.16. The molecule has 1 aromatic carbocycles. The molecular formula is C14H17NO4. The van der Waals surface area contributed by atoms with Crippen molar-refractivity contribution in [3.63, 3.8) is 0 Å². The average Bonchev–Trinajstić information content (AvgIpc) is 2.37. The second-order valence-electron chi connectivity index (χ2n) is 4.76. The van der Waals surface area contributed by atoms with Crippen molar-refractivity contribution >= 4 is 11.8 Å². The van der Waals surface area contributed by atoms with Crippen molar-refractivity contribution in [2.45, 2.75) is 12.8 Å². The second-order valence-corrected chi connectivity index (χ2v) is 4.76. The zero-order valence-corrected chi connectivity index (χ0v) is 10.9. The standard InChI is InChI=1S/C14H17NO4/c1-15(9-14(17)18)8-12(16)10-4-5-13-11(7-10)3-2-6-19-13/h4-5,7H,2-3,6,8-9H2,1H3,(H,17,18). The highest BCUT2D eigenvalue weighted by molar-refractivity contribution is 5.98. The number of aryl methyl sites for hydroxylation is 1. The molecule has 0 unspecified atom stereocenters. The van der Waals surface area contributed by atoms with Gasteiger partial charge >= 0.3 is 5.97 Å². The number of carbonyl (C=O) groups is 2. The Labute approximate surface area is 111 Å². The topological polar surface area (TPSA) is 66.8 Å². The lowest BCUT2D eigenvalue weighted by atomic mass is 10.0. The largest absolute Gasteiger partial charge is 0.493 e. The maximum absolute atomic E-state index is 12.0. The average molecular weight is 263 g/mol. The minimum atomic E-state index is -0.936. The van der Waals surface area contributed by atoms with Crippen LogP contribution in [-0.2, 0) is 11.2 Å². The Bertz CT molecular complexity index is 498. The minimum absolute atomic E-state index is 0.0721. The summed E-state index contributed by atoms with van der Waals surface area (Å²) in [5, 5.41) is 8.66. The maximum atomic E-state index is 12.0. The second kappa shape index (κ2) is 5.84. The van der Waals surface area contributed by atoms with Gasteiger partial charge in [0.25, 0.3) is 0 Å². The molecule has 1 aromatic rings. The van der Waals surface area contributed by atoms with Crippen molar-refractivity contribution in [1.82, 2.24) is 4.90 Å². The number of aliphatic carboxylic acids is 1. The zero-order chi connectivity index (χ0) is 13.8. The predicted molar refractivity (Wildman–Crippen MR) is 69.7 cm³/mol. The molecule has 1 N–H and O–H groups in total. The van der Waals surface area contributed by atoms with Gasteiger partial charge in [-0.25, -0.2) is 0 Å². The summed E-state index contributed by atoms with van der Waals surface area (Å²) in [5.41, 5.74) is 1.67. The van der Waals surface area contributed by atoms with Crippen LogP contribution < -0.4 is 4.74 Å². The molecule has 102 valence electrons. The molecule has 1 heterocycles. The van der Waals surface area contributed by atoms with E-state index in [1.807, 2.05) is 12.1 Å². The molecule has 0 bridgehead atoms. The van der Waals surface area contributed by atoms with Crippen LogP contribution in [0.25, 0.3) is 0 Å². The van der Waals surface area contributed by atoms with Crippen molar-refractivity contribution in [3.8, 4) is 5.75 Å². The fourth-order valence-electron chi connectivity index (χ4n) is 2.16. The van der Waals surface area contributed by atoms with E-state index in [-0.39, 0.29) is 18.9 Å². The molecule has 5 nitrogen and oxygen atoms in total. The fraction of sp³-hybridized carbons (Fsp3) is 0.429. The van der Waals surface area contributed by atoms with Gasteiger partial charge in [-0.2, -0.15) is 0 Å². The number of Topliss-reactive ketones (excluding diaryl/α,β-unsaturated/α-hetero) is 1. The number of hydrogen-bond acceptors (Lipinski definition) is 4. The van der Waals surface area contributed by atoms with Crippen LogP contribution in [0.2, 0.25) is 0 Å². The van der Waals surface area contributed by atoms with Crippen LogP contribution in [0.5, 0.6) is 5.75 Å². The van der Waals surface area contributed by atoms with Gasteiger partial charge in [-0.1, -0.05) is 0 Å². The summed E-state index contributed by atoms with van der Waals surface area (Å²) >= 11 is 0. The molecule has 0 atom stereocenters. The first-order valence-electron chi connectivity index (χ1n) is 6.25. The summed E-state index contributed by atoms with van der Waals surface area (Å²) in [6.45, 7) is 0.688. The van der Waals surface area contributed by atoms with Gasteiger partial charge in [-0.05, 0) is 43.7 Å². The molecule has 19 heavy (non-hydrogen) atoms. The maximum Gasteiger partial charge on any atom is 0.317 e. The van der Waals surface area contributed by atoms with E-state index in [9.17, 15) is 9.59 Å². The lowest BCUT2D eigenvalue weighted by Crippen LogP contribution is -2.31. The SMILES string of the molecule is CN(CC(=O)O)CC(=O)c1ccc2c(c1)CCCO2. The van der Waals surface area contributed by atoms with E-state index in [1.165, 1.54) is 4.90 Å². The number of carboxylic acid groups (broad SMARTS) is 1. The molecular weight excluding hydrogens is 246 g/mol. The number of rotatable bonds is 5. The first-order valence-corrected chi connectivity index (χ1v) is 6.25. The molecule has 1 aliphatic heterocycles. The van der Waals surface area contributed by atoms with Crippen LogP contribution in [0.4, 0.5) is 0 Å². The number of hydrogen-bond donors (Lipinski definition) is 1. The third-order valence-corrected chi connectivity index (χ3v) is 3.05. The van der Waals surface area contributed by atoms with Gasteiger partial charge in [-0.3, -0.25) is 14.5 Å². The van der Waals surface area contributed by atoms with Crippen molar-refractivity contribution in [2.75, 3.05) is 26.7 Å². The highest BCUT2D eigenvalue weighted by Crippen LogP contribution is 2.25. The smallest absolute Gasteiger partial charge is 0.317 e. The fourth-order valence-corrected chi connectivity index (χ4v) is 2.16. The number of carboxylic acids is 1. The third kappa shape index (κ3) is 3.54. The van der Waals surface area contributed by atoms with Crippen molar-refractivity contribution in [1.29, 1.82) is 0 Å². The molecule has 0 amide bonds. The quantitative estimate of drug-likeness (QED) is 0.809. The van der Waals surface area contributed by atoms with Crippen LogP contribution in [-0.4, -0.2) is 48.5 Å². The number of ketones is 1. The van der Waals surface area contributed by atoms with Crippen LogP contribution in [0, 0.1) is 0 Å². The lowest BCUT2D eigenvalue weighted by molar-refractivity contribution is -0.137. The number of fused-ring (bicyclic) bond motifs is 1. The van der Waals surface area contributed by atoms with Crippen LogP contribution in [0.15, 0.2) is 18.2 Å². The molecule has 0 aliphatic carbocycles. The van der Waals surface area contributed by atoms with Gasteiger partial charge < -0.3 is 9.84 Å². The summed E-state index contributed by atoms with van der Waals surface area (Å²) in [5.74, 6) is -0.159. The van der Waals surface area contributed by atoms with Gasteiger partial charge in [0.2, 0.25) is 0 Å². The molecule has 2 rings (SSSR count). The van der Waals surface area contributed by atoms with E-state index >= 15 is 0 Å². The monoisotopic (exact) mass is 263 g/mol. The Hall–Kier alpha value is -1.88. The van der Waals surface area contributed by atoms with Crippen molar-refractivity contribution < 1.29 is 19.4 Å². The van der Waals surface area contributed by atoms with E-state index in [0.29, 0.717) is 5.56 Å². The molecule has 1 aliphatic rings. The van der Waals surface area contributed by atoms with E-state index in [0.717, 1.165) is 30.8 Å². The van der Waals surface area contributed by atoms with E-state index in [2.05, 4.69) is 0 Å².